The number of aromatic nitrogens is 2. The third kappa shape index (κ3) is 4.10. The second-order valence-corrected chi connectivity index (χ2v) is 5.36. The van der Waals surface area contributed by atoms with Crippen molar-refractivity contribution in [1.82, 2.24) is 14.7 Å². The van der Waals surface area contributed by atoms with Gasteiger partial charge in [0.05, 0.1) is 18.8 Å². The Hall–Kier alpha value is -2.89. The number of carbonyl (C=O) groups excluding carboxylic acids is 1. The van der Waals surface area contributed by atoms with E-state index in [0.717, 1.165) is 11.3 Å². The fourth-order valence-electron chi connectivity index (χ4n) is 2.33. The normalized spacial score (nSPS) is 10.7. The van der Waals surface area contributed by atoms with E-state index in [2.05, 4.69) is 10.3 Å². The van der Waals surface area contributed by atoms with Crippen molar-refractivity contribution in [3.05, 3.63) is 66.4 Å². The molecule has 0 saturated heterocycles. The molecule has 6 heteroatoms. The van der Waals surface area contributed by atoms with E-state index in [-0.39, 0.29) is 11.7 Å². The number of benzene rings is 1. The predicted octanol–water partition coefficient (Wildman–Crippen LogP) is 2.95. The van der Waals surface area contributed by atoms with Crippen LogP contribution in [0.5, 0.6) is 5.75 Å². The molecule has 0 saturated carbocycles. The fraction of sp³-hybridized carbons (Fsp3) is 0.222. The van der Waals surface area contributed by atoms with Gasteiger partial charge in [0.15, 0.2) is 11.6 Å². The average Bonchev–Trinajstić information content (AvgIpc) is 3.01. The first-order chi connectivity index (χ1) is 11.7. The van der Waals surface area contributed by atoms with Crippen molar-refractivity contribution in [2.75, 3.05) is 6.61 Å². The number of imidazole rings is 1. The van der Waals surface area contributed by atoms with Crippen LogP contribution in [0.1, 0.15) is 18.5 Å². The maximum Gasteiger partial charge on any atom is 0.220 e. The molecular formula is C18H18FN3O2. The van der Waals surface area contributed by atoms with Gasteiger partial charge in [-0.1, -0.05) is 18.2 Å². The van der Waals surface area contributed by atoms with E-state index in [4.69, 9.17) is 4.74 Å². The lowest BCUT2D eigenvalue weighted by molar-refractivity contribution is -0.121. The molecule has 0 aliphatic heterocycles. The van der Waals surface area contributed by atoms with E-state index in [1.165, 1.54) is 6.07 Å². The van der Waals surface area contributed by atoms with Gasteiger partial charge >= 0.3 is 0 Å². The Balaban J connectivity index is 1.39. The van der Waals surface area contributed by atoms with Gasteiger partial charge in [0.2, 0.25) is 5.91 Å². The highest BCUT2D eigenvalue weighted by Crippen LogP contribution is 2.15. The summed E-state index contributed by atoms with van der Waals surface area (Å²) < 4.78 is 20.6. The van der Waals surface area contributed by atoms with Gasteiger partial charge in [-0.25, -0.2) is 9.37 Å². The largest absolute Gasteiger partial charge is 0.491 e. The number of para-hydroxylation sites is 1. The maximum absolute atomic E-state index is 13.4. The van der Waals surface area contributed by atoms with Crippen LogP contribution < -0.4 is 10.1 Å². The van der Waals surface area contributed by atoms with Crippen LogP contribution in [0.4, 0.5) is 4.39 Å². The van der Waals surface area contributed by atoms with Gasteiger partial charge in [0.25, 0.3) is 0 Å². The minimum absolute atomic E-state index is 0.0795. The van der Waals surface area contributed by atoms with Crippen molar-refractivity contribution in [2.24, 2.45) is 0 Å². The van der Waals surface area contributed by atoms with Gasteiger partial charge in [-0.2, -0.15) is 0 Å². The number of nitrogens with zero attached hydrogens (tertiary/aromatic N) is 2. The number of hydrogen-bond donors (Lipinski definition) is 1. The summed E-state index contributed by atoms with van der Waals surface area (Å²) in [6.07, 6.45) is 4.64. The number of ether oxygens (including phenoxy) is 1. The maximum atomic E-state index is 13.4. The molecule has 0 fully saturated rings. The Morgan fingerprint density at radius 1 is 1.21 bits per heavy atom. The van der Waals surface area contributed by atoms with Crippen LogP contribution in [0, 0.1) is 5.82 Å². The third-order valence-corrected chi connectivity index (χ3v) is 3.52. The fourth-order valence-corrected chi connectivity index (χ4v) is 2.33. The second kappa shape index (κ2) is 7.59. The summed E-state index contributed by atoms with van der Waals surface area (Å²) in [6, 6.07) is 12.0. The van der Waals surface area contributed by atoms with Gasteiger partial charge in [-0.05, 0) is 30.7 Å². The molecule has 5 nitrogen and oxygen atoms in total. The van der Waals surface area contributed by atoms with Crippen molar-refractivity contribution in [3.63, 3.8) is 0 Å². The van der Waals surface area contributed by atoms with Gasteiger partial charge in [0.1, 0.15) is 5.65 Å². The zero-order valence-electron chi connectivity index (χ0n) is 13.1. The summed E-state index contributed by atoms with van der Waals surface area (Å²) in [4.78, 5) is 16.2. The van der Waals surface area contributed by atoms with E-state index in [0.29, 0.717) is 26.0 Å². The molecule has 0 aliphatic rings. The SMILES string of the molecule is O=C(CCCOc1ccccc1F)NCc1cn2ccccc2n1. The van der Waals surface area contributed by atoms with Crippen molar-refractivity contribution in [3.8, 4) is 5.75 Å². The molecule has 0 radical (unpaired) electrons. The van der Waals surface area contributed by atoms with E-state index >= 15 is 0 Å². The zero-order valence-corrected chi connectivity index (χ0v) is 13.1. The molecule has 2 heterocycles. The Labute approximate surface area is 139 Å². The lowest BCUT2D eigenvalue weighted by Gasteiger charge is -2.07. The smallest absolute Gasteiger partial charge is 0.220 e. The Kier molecular flexibility index (Phi) is 5.05. The number of nitrogens with one attached hydrogen (secondary N) is 1. The van der Waals surface area contributed by atoms with Gasteiger partial charge < -0.3 is 14.5 Å². The molecule has 24 heavy (non-hydrogen) atoms. The number of halogens is 1. The molecular weight excluding hydrogens is 309 g/mol. The lowest BCUT2D eigenvalue weighted by atomic mass is 10.3. The van der Waals surface area contributed by atoms with Crippen LogP contribution in [-0.2, 0) is 11.3 Å². The molecule has 0 spiro atoms. The van der Waals surface area contributed by atoms with Crippen LogP contribution in [-0.4, -0.2) is 21.9 Å². The molecule has 0 unspecified atom stereocenters. The van der Waals surface area contributed by atoms with Crippen LogP contribution in [0.2, 0.25) is 0 Å². The standard InChI is InChI=1S/C18H18FN3O2/c19-15-6-1-2-7-16(15)24-11-5-9-18(23)20-12-14-13-22-10-4-3-8-17(22)21-14/h1-4,6-8,10,13H,5,9,11-12H2,(H,20,23). The molecule has 3 aromatic rings. The highest BCUT2D eigenvalue weighted by molar-refractivity contribution is 5.75. The van der Waals surface area contributed by atoms with Crippen LogP contribution in [0.3, 0.4) is 0 Å². The number of carbonyl (C=O) groups is 1. The molecule has 124 valence electrons. The van der Waals surface area contributed by atoms with Gasteiger partial charge in [0, 0.05) is 18.8 Å². The second-order valence-electron chi connectivity index (χ2n) is 5.36. The molecule has 0 bridgehead atoms. The minimum atomic E-state index is -0.395. The van der Waals surface area contributed by atoms with Gasteiger partial charge in [-0.3, -0.25) is 4.79 Å². The van der Waals surface area contributed by atoms with Crippen molar-refractivity contribution < 1.29 is 13.9 Å². The van der Waals surface area contributed by atoms with Crippen molar-refractivity contribution in [1.29, 1.82) is 0 Å². The third-order valence-electron chi connectivity index (χ3n) is 3.52. The summed E-state index contributed by atoms with van der Waals surface area (Å²) in [5, 5.41) is 2.83. The Bertz CT molecular complexity index is 799. The van der Waals surface area contributed by atoms with E-state index < -0.39 is 5.82 Å². The first-order valence-corrected chi connectivity index (χ1v) is 7.79. The van der Waals surface area contributed by atoms with Crippen molar-refractivity contribution >= 4 is 11.6 Å². The molecule has 0 aliphatic carbocycles. The number of hydrogen-bond acceptors (Lipinski definition) is 3. The molecule has 1 aromatic carbocycles. The molecule has 1 N–H and O–H groups in total. The monoisotopic (exact) mass is 327 g/mol. The van der Waals surface area contributed by atoms with Crippen LogP contribution in [0.15, 0.2) is 54.9 Å². The van der Waals surface area contributed by atoms with Crippen LogP contribution in [0.25, 0.3) is 5.65 Å². The summed E-state index contributed by atoms with van der Waals surface area (Å²) in [5.74, 6) is -0.263. The summed E-state index contributed by atoms with van der Waals surface area (Å²) in [5.41, 5.74) is 1.65. The molecule has 3 rings (SSSR count). The van der Waals surface area contributed by atoms with Crippen LogP contribution >= 0.6 is 0 Å². The summed E-state index contributed by atoms with van der Waals surface area (Å²) in [7, 11) is 0. The first-order valence-electron chi connectivity index (χ1n) is 7.79. The number of rotatable bonds is 7. The quantitative estimate of drug-likeness (QED) is 0.679. The average molecular weight is 327 g/mol. The van der Waals surface area contributed by atoms with Gasteiger partial charge in [-0.15, -0.1) is 0 Å². The number of pyridine rings is 1. The number of amides is 1. The van der Waals surface area contributed by atoms with E-state index in [9.17, 15) is 9.18 Å². The first kappa shape index (κ1) is 16.0. The topological polar surface area (TPSA) is 55.6 Å². The minimum Gasteiger partial charge on any atom is -0.491 e. The van der Waals surface area contributed by atoms with Crippen molar-refractivity contribution in [2.45, 2.75) is 19.4 Å². The Morgan fingerprint density at radius 2 is 2.04 bits per heavy atom. The summed E-state index contributed by atoms with van der Waals surface area (Å²) >= 11 is 0. The highest BCUT2D eigenvalue weighted by atomic mass is 19.1. The Morgan fingerprint density at radius 3 is 2.88 bits per heavy atom. The molecule has 1 amide bonds. The predicted molar refractivity (Wildman–Crippen MR) is 88.2 cm³/mol. The van der Waals surface area contributed by atoms with E-state index in [1.54, 1.807) is 18.2 Å². The van der Waals surface area contributed by atoms with E-state index in [1.807, 2.05) is 35.0 Å². The zero-order chi connectivity index (χ0) is 16.8. The molecule has 0 atom stereocenters. The lowest BCUT2D eigenvalue weighted by Crippen LogP contribution is -2.23. The molecule has 2 aromatic heterocycles. The highest BCUT2D eigenvalue weighted by Gasteiger charge is 2.06. The summed E-state index contributed by atoms with van der Waals surface area (Å²) in [6.45, 7) is 0.678. The number of fused-ring (bicyclic) bond motifs is 1.